The molecule has 9 heteroatoms. The molecule has 5 rings (SSSR count). The Morgan fingerprint density at radius 3 is 2.61 bits per heavy atom. The van der Waals surface area contributed by atoms with E-state index >= 15 is 0 Å². The molecule has 0 amide bonds. The standard InChI is InChI=1S/C32H42INO7/c1-18-11-23-7-5-10-30(36)41-32-20(3)27(40-31(21(32)4)19(2)16-33)8-6-9-29-34-26(17-37-29)28-14-22(35)13-25(39-28)15-24(12-18)38-23/h5-6,9-10,16-17,20-25,27-28,31-32,35H,1,7-8,11-15H2,2-4H3/b9-6+,10-5-,19-16+/t20-,21-,22+,23-,24+,25-,27+,28+,31-,32-/m0/s1. The van der Waals surface area contributed by atoms with Crippen molar-refractivity contribution in [1.29, 1.82) is 0 Å². The number of ether oxygens (including phenoxy) is 4. The summed E-state index contributed by atoms with van der Waals surface area (Å²) in [6, 6.07) is 0. The molecule has 4 aliphatic rings. The van der Waals surface area contributed by atoms with Crippen molar-refractivity contribution in [2.24, 2.45) is 11.8 Å². The summed E-state index contributed by atoms with van der Waals surface area (Å²) in [4.78, 5) is 17.6. The molecule has 1 aromatic heterocycles. The predicted molar refractivity (Wildman–Crippen MR) is 163 cm³/mol. The molecule has 0 radical (unpaired) electrons. The minimum Gasteiger partial charge on any atom is -0.458 e. The van der Waals surface area contributed by atoms with Gasteiger partial charge in [-0.15, -0.1) is 0 Å². The van der Waals surface area contributed by atoms with Crippen molar-refractivity contribution in [3.8, 4) is 0 Å². The number of esters is 1. The number of carbonyl (C=O) groups excluding carboxylic acids is 1. The van der Waals surface area contributed by atoms with Crippen molar-refractivity contribution in [1.82, 2.24) is 4.98 Å². The number of aliphatic hydroxyl groups is 1. The molecule has 0 aromatic carbocycles. The quantitative estimate of drug-likeness (QED) is 0.207. The first-order chi connectivity index (χ1) is 19.7. The van der Waals surface area contributed by atoms with Crippen molar-refractivity contribution in [3.05, 3.63) is 57.9 Å². The summed E-state index contributed by atoms with van der Waals surface area (Å²) in [5.41, 5.74) is 2.92. The van der Waals surface area contributed by atoms with Gasteiger partial charge in [0.15, 0.2) is 0 Å². The zero-order valence-electron chi connectivity index (χ0n) is 24.1. The zero-order valence-corrected chi connectivity index (χ0v) is 26.3. The minimum absolute atomic E-state index is 0.00460. The summed E-state index contributed by atoms with van der Waals surface area (Å²) in [6.45, 7) is 10.5. The Hall–Kier alpha value is -1.79. The van der Waals surface area contributed by atoms with Crippen LogP contribution in [0.2, 0.25) is 0 Å². The second-order valence-electron chi connectivity index (χ2n) is 12.1. The predicted octanol–water partition coefficient (Wildman–Crippen LogP) is 6.40. The lowest BCUT2D eigenvalue weighted by Crippen LogP contribution is -2.50. The molecule has 4 aliphatic heterocycles. The van der Waals surface area contributed by atoms with Gasteiger partial charge in [0.05, 0.1) is 36.6 Å². The molecule has 224 valence electrons. The normalized spacial score (nSPS) is 40.7. The van der Waals surface area contributed by atoms with E-state index in [0.29, 0.717) is 43.7 Å². The maximum absolute atomic E-state index is 13.0. The number of hydrogen-bond donors (Lipinski definition) is 1. The van der Waals surface area contributed by atoms with Gasteiger partial charge in [-0.2, -0.15) is 0 Å². The van der Waals surface area contributed by atoms with Gasteiger partial charge in [-0.1, -0.05) is 60.7 Å². The van der Waals surface area contributed by atoms with Gasteiger partial charge >= 0.3 is 5.97 Å². The molecule has 0 spiro atoms. The Balaban J connectivity index is 1.41. The second-order valence-corrected chi connectivity index (χ2v) is 12.7. The number of nitrogens with zero attached hydrogens (tertiary/aromatic N) is 1. The number of carbonyl (C=O) groups is 1. The number of rotatable bonds is 1. The fraction of sp³-hybridized carbons (Fsp3) is 0.625. The van der Waals surface area contributed by atoms with Crippen LogP contribution in [0, 0.1) is 11.8 Å². The summed E-state index contributed by atoms with van der Waals surface area (Å²) in [5.74, 6) is 0.120. The highest BCUT2D eigenvalue weighted by Crippen LogP contribution is 2.38. The lowest BCUT2D eigenvalue weighted by atomic mass is 9.80. The summed E-state index contributed by atoms with van der Waals surface area (Å²) in [7, 11) is 0. The second kappa shape index (κ2) is 13.7. The highest BCUT2D eigenvalue weighted by Gasteiger charge is 2.43. The van der Waals surface area contributed by atoms with Crippen LogP contribution in [0.25, 0.3) is 6.08 Å². The van der Waals surface area contributed by atoms with Crippen LogP contribution in [0.5, 0.6) is 0 Å². The smallest absolute Gasteiger partial charge is 0.330 e. The highest BCUT2D eigenvalue weighted by molar-refractivity contribution is 14.1. The first-order valence-corrected chi connectivity index (χ1v) is 16.0. The van der Waals surface area contributed by atoms with Crippen LogP contribution < -0.4 is 0 Å². The molecule has 5 heterocycles. The van der Waals surface area contributed by atoms with Crippen molar-refractivity contribution < 1.29 is 33.3 Å². The van der Waals surface area contributed by atoms with Crippen molar-refractivity contribution in [3.63, 3.8) is 0 Å². The first-order valence-electron chi connectivity index (χ1n) is 14.8. The van der Waals surface area contributed by atoms with E-state index in [1.165, 1.54) is 6.08 Å². The van der Waals surface area contributed by atoms with Gasteiger partial charge in [-0.3, -0.25) is 0 Å². The molecule has 3 saturated heterocycles. The van der Waals surface area contributed by atoms with Gasteiger partial charge in [0, 0.05) is 30.8 Å². The van der Waals surface area contributed by atoms with Gasteiger partial charge in [-0.25, -0.2) is 9.78 Å². The van der Waals surface area contributed by atoms with E-state index in [4.69, 9.17) is 23.4 Å². The van der Waals surface area contributed by atoms with E-state index in [1.807, 2.05) is 22.3 Å². The van der Waals surface area contributed by atoms with Gasteiger partial charge in [0.2, 0.25) is 5.89 Å². The van der Waals surface area contributed by atoms with Crippen LogP contribution in [0.3, 0.4) is 0 Å². The summed E-state index contributed by atoms with van der Waals surface area (Å²) in [5, 5.41) is 10.6. The van der Waals surface area contributed by atoms with Gasteiger partial charge < -0.3 is 28.5 Å². The molecule has 10 atom stereocenters. The molecular weight excluding hydrogens is 637 g/mol. The molecule has 1 N–H and O–H groups in total. The summed E-state index contributed by atoms with van der Waals surface area (Å²) < 4.78 is 33.2. The van der Waals surface area contributed by atoms with Crippen LogP contribution >= 0.6 is 22.6 Å². The minimum atomic E-state index is -0.485. The maximum Gasteiger partial charge on any atom is 0.330 e. The third kappa shape index (κ3) is 7.60. The zero-order chi connectivity index (χ0) is 29.1. The van der Waals surface area contributed by atoms with Gasteiger partial charge in [-0.05, 0) is 54.8 Å². The van der Waals surface area contributed by atoms with Crippen LogP contribution in [0.1, 0.15) is 83.4 Å². The third-order valence-corrected chi connectivity index (χ3v) is 9.75. The van der Waals surface area contributed by atoms with Crippen LogP contribution in [0.15, 0.2) is 50.7 Å². The molecule has 3 fully saturated rings. The Morgan fingerprint density at radius 1 is 1.02 bits per heavy atom. The average molecular weight is 680 g/mol. The Bertz CT molecular complexity index is 1170. The highest BCUT2D eigenvalue weighted by atomic mass is 127. The van der Waals surface area contributed by atoms with Gasteiger partial charge in [0.1, 0.15) is 24.2 Å². The summed E-state index contributed by atoms with van der Waals surface area (Å²) in [6.07, 6.45) is 11.5. The van der Waals surface area contributed by atoms with E-state index in [1.54, 1.807) is 6.26 Å². The fourth-order valence-corrected chi connectivity index (χ4v) is 7.04. The van der Waals surface area contributed by atoms with Gasteiger partial charge in [0.25, 0.3) is 0 Å². The first kappa shape index (κ1) is 30.7. The van der Waals surface area contributed by atoms with Crippen molar-refractivity contribution in [2.75, 3.05) is 0 Å². The fourth-order valence-electron chi connectivity index (χ4n) is 6.68. The Morgan fingerprint density at radius 2 is 1.80 bits per heavy atom. The Labute approximate surface area is 256 Å². The average Bonchev–Trinajstić information content (AvgIpc) is 3.40. The number of fused-ring (bicyclic) bond motifs is 9. The van der Waals surface area contributed by atoms with E-state index in [0.717, 1.165) is 24.0 Å². The molecular formula is C32H42INO7. The molecule has 41 heavy (non-hydrogen) atoms. The third-order valence-electron chi connectivity index (χ3n) is 8.77. The number of aromatic nitrogens is 1. The lowest BCUT2D eigenvalue weighted by molar-refractivity contribution is -0.180. The molecule has 0 unspecified atom stereocenters. The van der Waals surface area contributed by atoms with Crippen LogP contribution in [-0.2, 0) is 23.7 Å². The molecule has 1 aromatic rings. The SMILES string of the molecule is C=C1C[C@@H]2C[C@@H]3C[C@@H](O)C[C@@H](O3)c3coc(n3)/C=C/C[C@H]3O[C@@H](/C(C)=C/I)[C@H](C)[C@@H](OC(=O)/C=C\C[C@@H](C1)O2)[C@H]3C. The van der Waals surface area contributed by atoms with E-state index in [9.17, 15) is 9.90 Å². The van der Waals surface area contributed by atoms with Crippen LogP contribution in [-0.4, -0.2) is 58.8 Å². The largest absolute Gasteiger partial charge is 0.458 e. The lowest BCUT2D eigenvalue weighted by Gasteiger charge is -2.44. The van der Waals surface area contributed by atoms with Crippen LogP contribution in [0.4, 0.5) is 0 Å². The molecule has 0 aliphatic carbocycles. The molecule has 8 nitrogen and oxygen atoms in total. The topological polar surface area (TPSA) is 100 Å². The monoisotopic (exact) mass is 679 g/mol. The number of hydrogen-bond acceptors (Lipinski definition) is 8. The number of halogens is 1. The van der Waals surface area contributed by atoms with Crippen molar-refractivity contribution in [2.45, 2.75) is 115 Å². The van der Waals surface area contributed by atoms with E-state index in [-0.39, 0.29) is 60.5 Å². The van der Waals surface area contributed by atoms with Crippen molar-refractivity contribution >= 4 is 34.6 Å². The molecule has 8 bridgehead atoms. The van der Waals surface area contributed by atoms with E-state index < -0.39 is 6.10 Å². The Kier molecular flexibility index (Phi) is 10.2. The maximum atomic E-state index is 13.0. The summed E-state index contributed by atoms with van der Waals surface area (Å²) >= 11 is 2.23. The van der Waals surface area contributed by atoms with E-state index in [2.05, 4.69) is 54.9 Å². The number of aliphatic hydroxyl groups excluding tert-OH is 1. The molecule has 0 saturated carbocycles. The number of oxazole rings is 1.